The largest absolute Gasteiger partial charge is 0.480 e. The second-order valence-corrected chi connectivity index (χ2v) is 4.98. The normalized spacial score (nSPS) is 24.5. The molecule has 1 atom stereocenters. The van der Waals surface area contributed by atoms with E-state index >= 15 is 0 Å². The van der Waals surface area contributed by atoms with Gasteiger partial charge in [-0.25, -0.2) is 0 Å². The van der Waals surface area contributed by atoms with Crippen molar-refractivity contribution in [1.82, 2.24) is 4.90 Å². The van der Waals surface area contributed by atoms with Gasteiger partial charge in [0.05, 0.1) is 0 Å². The van der Waals surface area contributed by atoms with Crippen molar-refractivity contribution in [1.29, 1.82) is 0 Å². The predicted octanol–water partition coefficient (Wildman–Crippen LogP) is 1.41. The maximum atomic E-state index is 10.5. The summed E-state index contributed by atoms with van der Waals surface area (Å²) in [5.74, 6) is -0.925. The molecular formula is C9H16ClNO2. The van der Waals surface area contributed by atoms with Gasteiger partial charge in [-0.1, -0.05) is 13.8 Å². The van der Waals surface area contributed by atoms with Crippen LogP contribution in [0.1, 0.15) is 20.3 Å². The van der Waals surface area contributed by atoms with E-state index in [2.05, 4.69) is 18.7 Å². The maximum absolute atomic E-state index is 10.5. The van der Waals surface area contributed by atoms with Crippen molar-refractivity contribution in [2.75, 3.05) is 19.6 Å². The van der Waals surface area contributed by atoms with Gasteiger partial charge in [-0.3, -0.25) is 4.79 Å². The number of nitrogens with zero attached hydrogens (tertiary/aromatic N) is 1. The van der Waals surface area contributed by atoms with Gasteiger partial charge in [-0.05, 0) is 18.4 Å². The van der Waals surface area contributed by atoms with Crippen molar-refractivity contribution >= 4 is 17.6 Å². The Hall–Kier alpha value is -0.280. The number of hydrogen-bond donors (Lipinski definition) is 1. The lowest BCUT2D eigenvalue weighted by atomic mass is 9.93. The summed E-state index contributed by atoms with van der Waals surface area (Å²) < 4.78 is 0. The van der Waals surface area contributed by atoms with Crippen molar-refractivity contribution in [2.45, 2.75) is 25.6 Å². The third kappa shape index (κ3) is 3.16. The van der Waals surface area contributed by atoms with Crippen LogP contribution in [-0.2, 0) is 4.79 Å². The molecule has 3 nitrogen and oxygen atoms in total. The van der Waals surface area contributed by atoms with Crippen LogP contribution in [0.4, 0.5) is 0 Å². The summed E-state index contributed by atoms with van der Waals surface area (Å²) in [6.07, 6.45) is 1.12. The molecule has 0 aromatic carbocycles. The van der Waals surface area contributed by atoms with Crippen molar-refractivity contribution in [3.63, 3.8) is 0 Å². The van der Waals surface area contributed by atoms with Gasteiger partial charge in [0.25, 0.3) is 0 Å². The number of hydrogen-bond acceptors (Lipinski definition) is 2. The summed E-state index contributed by atoms with van der Waals surface area (Å²) in [7, 11) is 0. The Morgan fingerprint density at radius 2 is 2.31 bits per heavy atom. The van der Waals surface area contributed by atoms with Crippen LogP contribution in [0.5, 0.6) is 0 Å². The van der Waals surface area contributed by atoms with Crippen LogP contribution < -0.4 is 0 Å². The summed E-state index contributed by atoms with van der Waals surface area (Å²) in [6.45, 7) is 6.75. The molecule has 1 heterocycles. The highest BCUT2D eigenvalue weighted by atomic mass is 35.5. The van der Waals surface area contributed by atoms with Crippen molar-refractivity contribution in [3.05, 3.63) is 0 Å². The van der Waals surface area contributed by atoms with Gasteiger partial charge in [-0.2, -0.15) is 0 Å². The van der Waals surface area contributed by atoms with Gasteiger partial charge >= 0.3 is 5.97 Å². The minimum atomic E-state index is -0.925. The molecule has 1 saturated heterocycles. The first-order valence-corrected chi connectivity index (χ1v) is 4.94. The zero-order valence-corrected chi connectivity index (χ0v) is 8.84. The second-order valence-electron chi connectivity index (χ2n) is 4.46. The molecule has 0 spiro atoms. The van der Waals surface area contributed by atoms with E-state index in [4.69, 9.17) is 16.7 Å². The Morgan fingerprint density at radius 3 is 2.69 bits per heavy atom. The number of alkyl halides is 1. The quantitative estimate of drug-likeness (QED) is 0.709. The maximum Gasteiger partial charge on any atom is 0.322 e. The van der Waals surface area contributed by atoms with E-state index in [1.54, 1.807) is 0 Å². The molecule has 0 saturated carbocycles. The third-order valence-corrected chi connectivity index (χ3v) is 2.77. The van der Waals surface area contributed by atoms with Gasteiger partial charge in [0, 0.05) is 13.1 Å². The molecule has 1 N–H and O–H groups in total. The molecule has 0 bridgehead atoms. The Bertz CT molecular complexity index is 206. The Morgan fingerprint density at radius 1 is 1.69 bits per heavy atom. The van der Waals surface area contributed by atoms with Gasteiger partial charge in [0.2, 0.25) is 0 Å². The Kier molecular flexibility index (Phi) is 3.19. The van der Waals surface area contributed by atoms with Gasteiger partial charge in [0.1, 0.15) is 5.38 Å². The number of rotatable bonds is 3. The van der Waals surface area contributed by atoms with Crippen molar-refractivity contribution < 1.29 is 9.90 Å². The van der Waals surface area contributed by atoms with Gasteiger partial charge < -0.3 is 10.0 Å². The lowest BCUT2D eigenvalue weighted by Crippen LogP contribution is -2.33. The molecule has 1 fully saturated rings. The second kappa shape index (κ2) is 3.84. The van der Waals surface area contributed by atoms with Crippen molar-refractivity contribution in [3.8, 4) is 0 Å². The molecule has 0 aromatic heterocycles. The fourth-order valence-corrected chi connectivity index (χ4v) is 1.88. The highest BCUT2D eigenvalue weighted by molar-refractivity contribution is 6.29. The van der Waals surface area contributed by atoms with E-state index in [0.29, 0.717) is 12.0 Å². The molecule has 4 heteroatoms. The summed E-state index contributed by atoms with van der Waals surface area (Å²) in [4.78, 5) is 12.6. The first-order chi connectivity index (χ1) is 5.91. The summed E-state index contributed by atoms with van der Waals surface area (Å²) in [5, 5.41) is 7.84. The summed E-state index contributed by atoms with van der Waals surface area (Å²) >= 11 is 5.65. The van der Waals surface area contributed by atoms with Crippen LogP contribution >= 0.6 is 11.6 Å². The third-order valence-electron chi connectivity index (χ3n) is 2.44. The minimum absolute atomic E-state index is 0.315. The average Bonchev–Trinajstić information content (AvgIpc) is 2.30. The lowest BCUT2D eigenvalue weighted by Gasteiger charge is -2.20. The van der Waals surface area contributed by atoms with E-state index < -0.39 is 11.3 Å². The fraction of sp³-hybridized carbons (Fsp3) is 0.889. The number of carbonyl (C=O) groups is 1. The molecule has 0 aliphatic carbocycles. The molecule has 1 unspecified atom stereocenters. The standard InChI is InChI=1S/C9H16ClNO2/c1-9(2)3-4-11(6-9)5-7(10)8(12)13/h7H,3-6H2,1-2H3,(H,12,13). The highest BCUT2D eigenvalue weighted by Crippen LogP contribution is 2.28. The molecule has 1 aliphatic rings. The number of carboxylic acid groups (broad SMARTS) is 1. The van der Waals surface area contributed by atoms with E-state index in [0.717, 1.165) is 19.5 Å². The molecule has 1 rings (SSSR count). The lowest BCUT2D eigenvalue weighted by molar-refractivity contribution is -0.136. The van der Waals surface area contributed by atoms with Crippen molar-refractivity contribution in [2.24, 2.45) is 5.41 Å². The van der Waals surface area contributed by atoms with Crippen LogP contribution in [0.2, 0.25) is 0 Å². The molecule has 0 amide bonds. The minimum Gasteiger partial charge on any atom is -0.480 e. The fourth-order valence-electron chi connectivity index (χ4n) is 1.68. The molecule has 1 aliphatic heterocycles. The number of carboxylic acids is 1. The van der Waals surface area contributed by atoms with E-state index in [1.165, 1.54) is 0 Å². The van der Waals surface area contributed by atoms with Crippen LogP contribution in [0.15, 0.2) is 0 Å². The topological polar surface area (TPSA) is 40.5 Å². The predicted molar refractivity (Wildman–Crippen MR) is 52.1 cm³/mol. The number of aliphatic carboxylic acids is 1. The smallest absolute Gasteiger partial charge is 0.322 e. The first-order valence-electron chi connectivity index (χ1n) is 4.50. The monoisotopic (exact) mass is 205 g/mol. The number of halogens is 1. The van der Waals surface area contributed by atoms with Crippen LogP contribution in [0, 0.1) is 5.41 Å². The molecule has 0 radical (unpaired) electrons. The molecular weight excluding hydrogens is 190 g/mol. The molecule has 0 aromatic rings. The zero-order chi connectivity index (χ0) is 10.1. The summed E-state index contributed by atoms with van der Waals surface area (Å²) in [5.41, 5.74) is 0.315. The van der Waals surface area contributed by atoms with Crippen LogP contribution in [0.25, 0.3) is 0 Å². The molecule has 76 valence electrons. The molecule has 13 heavy (non-hydrogen) atoms. The van der Waals surface area contributed by atoms with Gasteiger partial charge in [0.15, 0.2) is 0 Å². The zero-order valence-electron chi connectivity index (χ0n) is 8.09. The Labute approximate surface area is 83.7 Å². The highest BCUT2D eigenvalue weighted by Gasteiger charge is 2.31. The van der Waals surface area contributed by atoms with Gasteiger partial charge in [-0.15, -0.1) is 11.6 Å². The van der Waals surface area contributed by atoms with E-state index in [9.17, 15) is 4.79 Å². The first kappa shape index (κ1) is 10.8. The van der Waals surface area contributed by atoms with Crippen LogP contribution in [-0.4, -0.2) is 41.0 Å². The van der Waals surface area contributed by atoms with E-state index in [1.807, 2.05) is 0 Å². The Balaban J connectivity index is 2.36. The van der Waals surface area contributed by atoms with E-state index in [-0.39, 0.29) is 0 Å². The average molecular weight is 206 g/mol. The summed E-state index contributed by atoms with van der Waals surface area (Å²) in [6, 6.07) is 0. The van der Waals surface area contributed by atoms with Crippen LogP contribution in [0.3, 0.4) is 0 Å². The number of likely N-dealkylation sites (tertiary alicyclic amines) is 1. The SMILES string of the molecule is CC1(C)CCN(CC(Cl)C(=O)O)C1.